The summed E-state index contributed by atoms with van der Waals surface area (Å²) in [4.78, 5) is 12.0. The van der Waals surface area contributed by atoms with E-state index in [1.165, 1.54) is 10.9 Å². The minimum atomic E-state index is -0.384. The molecule has 0 unspecified atom stereocenters. The van der Waals surface area contributed by atoms with Gasteiger partial charge >= 0.3 is 0 Å². The topological polar surface area (TPSA) is 72.9 Å². The first-order valence-electron chi connectivity index (χ1n) is 5.03. The molecule has 2 rings (SSSR count). The minimum absolute atomic E-state index is 0.283. The Bertz CT molecular complexity index is 609. The van der Waals surface area contributed by atoms with Crippen LogP contribution in [0, 0.1) is 0 Å². The molecular formula is C11H10Cl2N4O. The third-order valence-corrected chi connectivity index (χ3v) is 3.25. The lowest BCUT2D eigenvalue weighted by Crippen LogP contribution is -2.14. The Balaban J connectivity index is 2.27. The lowest BCUT2D eigenvalue weighted by atomic mass is 10.2. The van der Waals surface area contributed by atoms with E-state index in [1.807, 2.05) is 0 Å². The molecule has 0 atom stereocenters. The second-order valence-electron chi connectivity index (χ2n) is 3.62. The van der Waals surface area contributed by atoms with E-state index in [0.717, 1.165) is 0 Å². The predicted octanol–water partition coefficient (Wildman–Crippen LogP) is 2.56. The van der Waals surface area contributed by atoms with Gasteiger partial charge < -0.3 is 11.1 Å². The van der Waals surface area contributed by atoms with Crippen LogP contribution in [0.5, 0.6) is 0 Å². The van der Waals surface area contributed by atoms with Gasteiger partial charge in [0.25, 0.3) is 5.91 Å². The third-order valence-electron chi connectivity index (χ3n) is 2.43. The van der Waals surface area contributed by atoms with Crippen molar-refractivity contribution in [3.05, 3.63) is 40.0 Å². The summed E-state index contributed by atoms with van der Waals surface area (Å²) in [5.41, 5.74) is 6.42. The van der Waals surface area contributed by atoms with Crippen molar-refractivity contribution >= 4 is 40.6 Å². The van der Waals surface area contributed by atoms with Crippen molar-refractivity contribution in [2.45, 2.75) is 0 Å². The summed E-state index contributed by atoms with van der Waals surface area (Å²) in [5.74, 6) is -0.101. The van der Waals surface area contributed by atoms with E-state index in [2.05, 4.69) is 10.4 Å². The van der Waals surface area contributed by atoms with E-state index in [-0.39, 0.29) is 22.3 Å². The fourth-order valence-corrected chi connectivity index (χ4v) is 1.76. The SMILES string of the molecule is Cn1ncc(C(=O)Nc2cccc(Cl)c2Cl)c1N. The summed E-state index contributed by atoms with van der Waals surface area (Å²) < 4.78 is 1.41. The molecule has 0 aliphatic carbocycles. The first kappa shape index (κ1) is 12.7. The number of nitrogens with two attached hydrogens (primary N) is 1. The Morgan fingerprint density at radius 2 is 2.17 bits per heavy atom. The molecular weight excluding hydrogens is 275 g/mol. The van der Waals surface area contributed by atoms with Gasteiger partial charge in [-0.25, -0.2) is 0 Å². The van der Waals surface area contributed by atoms with Crippen LogP contribution in [-0.4, -0.2) is 15.7 Å². The number of nitrogens with one attached hydrogen (secondary N) is 1. The van der Waals surface area contributed by atoms with Gasteiger partial charge in [0.15, 0.2) is 0 Å². The van der Waals surface area contributed by atoms with Crippen LogP contribution in [0.25, 0.3) is 0 Å². The highest BCUT2D eigenvalue weighted by molar-refractivity contribution is 6.44. The molecule has 2 aromatic rings. The predicted molar refractivity (Wildman–Crippen MR) is 72.0 cm³/mol. The number of anilines is 2. The van der Waals surface area contributed by atoms with Crippen LogP contribution in [0.15, 0.2) is 24.4 Å². The normalized spacial score (nSPS) is 10.4. The number of hydrogen-bond acceptors (Lipinski definition) is 3. The molecule has 0 aliphatic rings. The van der Waals surface area contributed by atoms with Gasteiger partial charge in [0.2, 0.25) is 0 Å². The molecule has 3 N–H and O–H groups in total. The number of aromatic nitrogens is 2. The van der Waals surface area contributed by atoms with Crippen LogP contribution >= 0.6 is 23.2 Å². The van der Waals surface area contributed by atoms with E-state index >= 15 is 0 Å². The molecule has 94 valence electrons. The van der Waals surface area contributed by atoms with Crippen LogP contribution in [0.3, 0.4) is 0 Å². The molecule has 0 aliphatic heterocycles. The summed E-state index contributed by atoms with van der Waals surface area (Å²) >= 11 is 11.8. The maximum absolute atomic E-state index is 12.0. The van der Waals surface area contributed by atoms with Gasteiger partial charge in [-0.05, 0) is 12.1 Å². The summed E-state index contributed by atoms with van der Waals surface area (Å²) in [5, 5.41) is 7.18. The van der Waals surface area contributed by atoms with Gasteiger partial charge in [-0.3, -0.25) is 9.48 Å². The molecule has 0 saturated carbocycles. The molecule has 1 amide bonds. The first-order chi connectivity index (χ1) is 8.50. The van der Waals surface area contributed by atoms with E-state index in [1.54, 1.807) is 25.2 Å². The molecule has 1 aromatic carbocycles. The Kier molecular flexibility index (Phi) is 3.45. The highest BCUT2D eigenvalue weighted by atomic mass is 35.5. The number of rotatable bonds is 2. The molecule has 0 bridgehead atoms. The Morgan fingerprint density at radius 1 is 1.44 bits per heavy atom. The Hall–Kier alpha value is -1.72. The van der Waals surface area contributed by atoms with Crippen LogP contribution < -0.4 is 11.1 Å². The molecule has 18 heavy (non-hydrogen) atoms. The van der Waals surface area contributed by atoms with Crippen molar-refractivity contribution < 1.29 is 4.79 Å². The number of halogens is 2. The summed E-state index contributed by atoms with van der Waals surface area (Å²) in [7, 11) is 1.65. The van der Waals surface area contributed by atoms with Crippen molar-refractivity contribution in [2.75, 3.05) is 11.1 Å². The zero-order chi connectivity index (χ0) is 13.3. The maximum atomic E-state index is 12.0. The van der Waals surface area contributed by atoms with Crippen LogP contribution in [0.4, 0.5) is 11.5 Å². The molecule has 0 saturated heterocycles. The summed E-state index contributed by atoms with van der Waals surface area (Å²) in [6.07, 6.45) is 1.39. The average molecular weight is 285 g/mol. The number of benzene rings is 1. The fourth-order valence-electron chi connectivity index (χ4n) is 1.41. The lowest BCUT2D eigenvalue weighted by Gasteiger charge is -2.07. The molecule has 0 radical (unpaired) electrons. The average Bonchev–Trinajstić information content (AvgIpc) is 2.66. The van der Waals surface area contributed by atoms with Gasteiger partial charge in [-0.2, -0.15) is 5.10 Å². The molecule has 7 heteroatoms. The third kappa shape index (κ3) is 2.27. The highest BCUT2D eigenvalue weighted by Crippen LogP contribution is 2.30. The van der Waals surface area contributed by atoms with Gasteiger partial charge in [0.05, 0.1) is 21.9 Å². The van der Waals surface area contributed by atoms with Crippen molar-refractivity contribution in [3.63, 3.8) is 0 Å². The zero-order valence-corrected chi connectivity index (χ0v) is 11.0. The Morgan fingerprint density at radius 3 is 2.78 bits per heavy atom. The second-order valence-corrected chi connectivity index (χ2v) is 4.41. The van der Waals surface area contributed by atoms with Crippen molar-refractivity contribution in [2.24, 2.45) is 7.05 Å². The molecule has 1 aromatic heterocycles. The van der Waals surface area contributed by atoms with Crippen molar-refractivity contribution in [1.82, 2.24) is 9.78 Å². The number of amides is 1. The molecule has 5 nitrogen and oxygen atoms in total. The van der Waals surface area contributed by atoms with E-state index < -0.39 is 0 Å². The van der Waals surface area contributed by atoms with E-state index in [4.69, 9.17) is 28.9 Å². The van der Waals surface area contributed by atoms with Gasteiger partial charge in [0.1, 0.15) is 11.4 Å². The van der Waals surface area contributed by atoms with Crippen LogP contribution in [-0.2, 0) is 7.05 Å². The second kappa shape index (κ2) is 4.88. The monoisotopic (exact) mass is 284 g/mol. The number of aryl methyl sites for hydroxylation is 1. The van der Waals surface area contributed by atoms with E-state index in [9.17, 15) is 4.79 Å². The quantitative estimate of drug-likeness (QED) is 0.890. The number of nitrogens with zero attached hydrogens (tertiary/aromatic N) is 2. The number of nitrogen functional groups attached to an aromatic ring is 1. The van der Waals surface area contributed by atoms with Crippen molar-refractivity contribution in [1.29, 1.82) is 0 Å². The van der Waals surface area contributed by atoms with Crippen LogP contribution in [0.2, 0.25) is 10.0 Å². The first-order valence-corrected chi connectivity index (χ1v) is 5.79. The summed E-state index contributed by atoms with van der Waals surface area (Å²) in [6, 6.07) is 4.98. The molecule has 1 heterocycles. The van der Waals surface area contributed by atoms with Crippen LogP contribution in [0.1, 0.15) is 10.4 Å². The van der Waals surface area contributed by atoms with Gasteiger partial charge in [-0.15, -0.1) is 0 Å². The minimum Gasteiger partial charge on any atom is -0.383 e. The van der Waals surface area contributed by atoms with Crippen molar-refractivity contribution in [3.8, 4) is 0 Å². The summed E-state index contributed by atoms with van der Waals surface area (Å²) in [6.45, 7) is 0. The molecule has 0 fully saturated rings. The smallest absolute Gasteiger partial charge is 0.261 e. The fraction of sp³-hybridized carbons (Fsp3) is 0.0909. The highest BCUT2D eigenvalue weighted by Gasteiger charge is 2.15. The lowest BCUT2D eigenvalue weighted by molar-refractivity contribution is 0.102. The standard InChI is InChI=1S/C11H10Cl2N4O/c1-17-10(14)6(5-15-17)11(18)16-8-4-2-3-7(12)9(8)13/h2-5H,14H2,1H3,(H,16,18). The molecule has 0 spiro atoms. The largest absolute Gasteiger partial charge is 0.383 e. The Labute approximate surface area is 113 Å². The number of carbonyl (C=O) groups is 1. The van der Waals surface area contributed by atoms with E-state index in [0.29, 0.717) is 10.7 Å². The van der Waals surface area contributed by atoms with Gasteiger partial charge in [-0.1, -0.05) is 29.3 Å². The van der Waals surface area contributed by atoms with Gasteiger partial charge in [0, 0.05) is 7.05 Å². The number of hydrogen-bond donors (Lipinski definition) is 2. The maximum Gasteiger partial charge on any atom is 0.261 e. The number of carbonyl (C=O) groups excluding carboxylic acids is 1. The zero-order valence-electron chi connectivity index (χ0n) is 9.45.